The van der Waals surface area contributed by atoms with Crippen molar-refractivity contribution in [3.05, 3.63) is 53.5 Å². The van der Waals surface area contributed by atoms with Crippen molar-refractivity contribution in [2.24, 2.45) is 0 Å². The molecule has 3 heteroatoms. The van der Waals surface area contributed by atoms with Gasteiger partial charge in [0.1, 0.15) is 5.76 Å². The Morgan fingerprint density at radius 1 is 1.21 bits per heavy atom. The van der Waals surface area contributed by atoms with Crippen molar-refractivity contribution in [3.8, 4) is 0 Å². The number of aliphatic hydroxyl groups is 1. The second kappa shape index (κ2) is 5.93. The third-order valence-corrected chi connectivity index (χ3v) is 3.48. The fraction of sp³-hybridized carbons (Fsp3) is 0.375. The number of aryl methyl sites for hydroxylation is 1. The van der Waals surface area contributed by atoms with Gasteiger partial charge in [0.25, 0.3) is 0 Å². The van der Waals surface area contributed by atoms with Crippen LogP contribution in [0.4, 0.5) is 5.69 Å². The molecule has 2 aromatic rings. The van der Waals surface area contributed by atoms with E-state index in [9.17, 15) is 5.11 Å². The van der Waals surface area contributed by atoms with Crippen LogP contribution in [0.1, 0.15) is 36.3 Å². The van der Waals surface area contributed by atoms with Crippen molar-refractivity contribution in [3.63, 3.8) is 0 Å². The highest BCUT2D eigenvalue weighted by Gasteiger charge is 2.08. The van der Waals surface area contributed by atoms with Gasteiger partial charge in [0.2, 0.25) is 0 Å². The summed E-state index contributed by atoms with van der Waals surface area (Å²) in [6.45, 7) is 4.77. The molecule has 0 aliphatic rings. The summed E-state index contributed by atoms with van der Waals surface area (Å²) in [5.74, 6) is 0.963. The van der Waals surface area contributed by atoms with Crippen LogP contribution in [0, 0.1) is 6.92 Å². The van der Waals surface area contributed by atoms with Crippen LogP contribution in [0.15, 0.2) is 41.0 Å². The first-order chi connectivity index (χ1) is 9.11. The summed E-state index contributed by atoms with van der Waals surface area (Å²) in [6.07, 6.45) is 2.10. The fourth-order valence-corrected chi connectivity index (χ4v) is 2.11. The van der Waals surface area contributed by atoms with Crippen LogP contribution in [0.5, 0.6) is 0 Å². The third-order valence-electron chi connectivity index (χ3n) is 3.48. The molecule has 1 aromatic heterocycles. The second-order valence-corrected chi connectivity index (χ2v) is 4.87. The average Bonchev–Trinajstić information content (AvgIpc) is 2.83. The summed E-state index contributed by atoms with van der Waals surface area (Å²) in [7, 11) is 2.05. The molecule has 19 heavy (non-hydrogen) atoms. The summed E-state index contributed by atoms with van der Waals surface area (Å²) < 4.78 is 5.31. The number of nitrogens with zero attached hydrogens (tertiary/aromatic N) is 1. The van der Waals surface area contributed by atoms with Crippen LogP contribution < -0.4 is 4.90 Å². The average molecular weight is 259 g/mol. The normalized spacial score (nSPS) is 12.4. The summed E-state index contributed by atoms with van der Waals surface area (Å²) in [5, 5.41) is 9.78. The van der Waals surface area contributed by atoms with Crippen molar-refractivity contribution in [2.75, 3.05) is 11.9 Å². The molecule has 0 aliphatic heterocycles. The van der Waals surface area contributed by atoms with Crippen molar-refractivity contribution in [1.82, 2.24) is 0 Å². The number of furan rings is 1. The topological polar surface area (TPSA) is 36.6 Å². The molecule has 0 aliphatic carbocycles. The SMILES string of the molecule is CC[C@H](O)c1ccc(N(C)Cc2ccoc2C)cc1. The van der Waals surface area contributed by atoms with E-state index in [2.05, 4.69) is 11.9 Å². The van der Waals surface area contributed by atoms with Gasteiger partial charge in [0.15, 0.2) is 0 Å². The van der Waals surface area contributed by atoms with Crippen LogP contribution >= 0.6 is 0 Å². The maximum absolute atomic E-state index is 9.78. The molecular weight excluding hydrogens is 238 g/mol. The van der Waals surface area contributed by atoms with Crippen molar-refractivity contribution >= 4 is 5.69 Å². The molecule has 2 rings (SSSR count). The largest absolute Gasteiger partial charge is 0.469 e. The zero-order valence-corrected chi connectivity index (χ0v) is 11.8. The Bertz CT molecular complexity index is 516. The van der Waals surface area contributed by atoms with E-state index < -0.39 is 0 Å². The fourth-order valence-electron chi connectivity index (χ4n) is 2.11. The third kappa shape index (κ3) is 3.18. The molecule has 1 heterocycles. The first-order valence-electron chi connectivity index (χ1n) is 6.64. The van der Waals surface area contributed by atoms with Crippen molar-refractivity contribution < 1.29 is 9.52 Å². The van der Waals surface area contributed by atoms with Crippen LogP contribution in [-0.4, -0.2) is 12.2 Å². The molecule has 1 aromatic carbocycles. The summed E-state index contributed by atoms with van der Waals surface area (Å²) >= 11 is 0. The summed E-state index contributed by atoms with van der Waals surface area (Å²) in [5.41, 5.74) is 3.30. The Kier molecular flexibility index (Phi) is 4.27. The number of rotatable bonds is 5. The van der Waals surface area contributed by atoms with E-state index in [1.165, 1.54) is 5.56 Å². The minimum absolute atomic E-state index is 0.365. The number of hydrogen-bond donors (Lipinski definition) is 1. The monoisotopic (exact) mass is 259 g/mol. The van der Waals surface area contributed by atoms with E-state index in [4.69, 9.17) is 4.42 Å². The van der Waals surface area contributed by atoms with Gasteiger partial charge < -0.3 is 14.4 Å². The highest BCUT2D eigenvalue weighted by molar-refractivity contribution is 5.47. The minimum atomic E-state index is -0.365. The lowest BCUT2D eigenvalue weighted by molar-refractivity contribution is 0.173. The van der Waals surface area contributed by atoms with Crippen LogP contribution in [0.25, 0.3) is 0 Å². The van der Waals surface area contributed by atoms with Crippen molar-refractivity contribution in [1.29, 1.82) is 0 Å². The molecule has 3 nitrogen and oxygen atoms in total. The zero-order chi connectivity index (χ0) is 13.8. The maximum atomic E-state index is 9.78. The molecule has 0 saturated carbocycles. The Balaban J connectivity index is 2.07. The molecule has 0 bridgehead atoms. The number of aliphatic hydroxyl groups excluding tert-OH is 1. The lowest BCUT2D eigenvalue weighted by atomic mass is 10.1. The predicted molar refractivity (Wildman–Crippen MR) is 77.2 cm³/mol. The highest BCUT2D eigenvalue weighted by atomic mass is 16.3. The molecule has 0 spiro atoms. The maximum Gasteiger partial charge on any atom is 0.105 e. The molecular formula is C16H21NO2. The molecule has 0 unspecified atom stereocenters. The van der Waals surface area contributed by atoms with Gasteiger partial charge in [-0.2, -0.15) is 0 Å². The minimum Gasteiger partial charge on any atom is -0.469 e. The van der Waals surface area contributed by atoms with Gasteiger partial charge in [-0.1, -0.05) is 19.1 Å². The Labute approximate surface area is 114 Å². The molecule has 1 N–H and O–H groups in total. The molecule has 0 amide bonds. The standard InChI is InChI=1S/C16H21NO2/c1-4-16(18)13-5-7-15(8-6-13)17(3)11-14-9-10-19-12(14)2/h5-10,16,18H,4,11H2,1-3H3/t16-/m0/s1. The number of anilines is 1. The van der Waals surface area contributed by atoms with Gasteiger partial charge in [0, 0.05) is 24.8 Å². The van der Waals surface area contributed by atoms with Crippen molar-refractivity contribution in [2.45, 2.75) is 32.9 Å². The smallest absolute Gasteiger partial charge is 0.105 e. The van der Waals surface area contributed by atoms with Crippen LogP contribution in [0.2, 0.25) is 0 Å². The molecule has 0 fully saturated rings. The Morgan fingerprint density at radius 3 is 2.42 bits per heavy atom. The second-order valence-electron chi connectivity index (χ2n) is 4.87. The van der Waals surface area contributed by atoms with E-state index in [1.807, 2.05) is 44.2 Å². The van der Waals surface area contributed by atoms with E-state index in [0.29, 0.717) is 0 Å². The summed E-state index contributed by atoms with van der Waals surface area (Å²) in [6, 6.07) is 10.1. The van der Waals surface area contributed by atoms with Gasteiger partial charge in [-0.05, 0) is 37.1 Å². The quantitative estimate of drug-likeness (QED) is 0.890. The van der Waals surface area contributed by atoms with E-state index in [1.54, 1.807) is 6.26 Å². The van der Waals surface area contributed by atoms with Gasteiger partial charge in [-0.25, -0.2) is 0 Å². The van der Waals surface area contributed by atoms with E-state index >= 15 is 0 Å². The molecule has 102 valence electrons. The van der Waals surface area contributed by atoms with Gasteiger partial charge in [-0.15, -0.1) is 0 Å². The zero-order valence-electron chi connectivity index (χ0n) is 11.8. The first-order valence-corrected chi connectivity index (χ1v) is 6.64. The van der Waals surface area contributed by atoms with Gasteiger partial charge >= 0.3 is 0 Å². The van der Waals surface area contributed by atoms with E-state index in [0.717, 1.165) is 30.0 Å². The van der Waals surface area contributed by atoms with E-state index in [-0.39, 0.29) is 6.10 Å². The Hall–Kier alpha value is -1.74. The van der Waals surface area contributed by atoms with Gasteiger partial charge in [0.05, 0.1) is 12.4 Å². The lowest BCUT2D eigenvalue weighted by Crippen LogP contribution is -2.16. The molecule has 0 radical (unpaired) electrons. The predicted octanol–water partition coefficient (Wildman–Crippen LogP) is 3.67. The molecule has 1 atom stereocenters. The van der Waals surface area contributed by atoms with Crippen LogP contribution in [0.3, 0.4) is 0 Å². The first kappa shape index (κ1) is 13.7. The highest BCUT2D eigenvalue weighted by Crippen LogP contribution is 2.22. The lowest BCUT2D eigenvalue weighted by Gasteiger charge is -2.19. The Morgan fingerprint density at radius 2 is 1.89 bits per heavy atom. The number of hydrogen-bond acceptors (Lipinski definition) is 3. The molecule has 0 saturated heterocycles. The van der Waals surface area contributed by atoms with Crippen LogP contribution in [-0.2, 0) is 6.54 Å². The summed E-state index contributed by atoms with van der Waals surface area (Å²) in [4.78, 5) is 2.17. The van der Waals surface area contributed by atoms with Gasteiger partial charge in [-0.3, -0.25) is 0 Å². The number of benzene rings is 1.